The molecule has 0 saturated carbocycles. The summed E-state index contributed by atoms with van der Waals surface area (Å²) in [4.78, 5) is 36.4. The normalized spacial score (nSPS) is 13.9. The second-order valence-electron chi connectivity index (χ2n) is 8.72. The highest BCUT2D eigenvalue weighted by molar-refractivity contribution is 5.88. The Kier molecular flexibility index (Phi) is 6.43. The largest absolute Gasteiger partial charge is 0.478 e. The smallest absolute Gasteiger partial charge is 0.409 e. The minimum Gasteiger partial charge on any atom is -0.478 e. The zero-order chi connectivity index (χ0) is 23.5. The van der Waals surface area contributed by atoms with Crippen molar-refractivity contribution in [2.24, 2.45) is 0 Å². The van der Waals surface area contributed by atoms with E-state index in [-0.39, 0.29) is 13.0 Å². The van der Waals surface area contributed by atoms with E-state index in [1.807, 2.05) is 30.3 Å². The Hall–Kier alpha value is -3.55. The quantitative estimate of drug-likeness (QED) is 0.495. The fourth-order valence-electron chi connectivity index (χ4n) is 3.56. The fourth-order valence-corrected chi connectivity index (χ4v) is 3.56. The van der Waals surface area contributed by atoms with Crippen molar-refractivity contribution in [1.82, 2.24) is 10.6 Å². The van der Waals surface area contributed by atoms with Crippen molar-refractivity contribution in [3.05, 3.63) is 59.2 Å². The first-order valence-electron chi connectivity index (χ1n) is 10.4. The van der Waals surface area contributed by atoms with Crippen LogP contribution in [0, 0.1) is 0 Å². The Bertz CT molecular complexity index is 1040. The molecule has 32 heavy (non-hydrogen) atoms. The summed E-state index contributed by atoms with van der Waals surface area (Å²) < 4.78 is 10.4. The number of hydrogen-bond donors (Lipinski definition) is 3. The molecule has 3 rings (SSSR count). The molecule has 2 aromatic carbocycles. The van der Waals surface area contributed by atoms with Crippen molar-refractivity contribution < 1.29 is 29.0 Å². The lowest BCUT2D eigenvalue weighted by atomic mass is 10.0. The van der Waals surface area contributed by atoms with E-state index < -0.39 is 29.4 Å². The van der Waals surface area contributed by atoms with Gasteiger partial charge in [-0.3, -0.25) is 10.6 Å². The molecular formula is C24H28N2O6. The SMILES string of the molecule is CCC(NC(=O)OCc1ccc2c(c1)-c1ccccc1C2)(NC(=O)OC(C)(C)C)C(=O)O. The van der Waals surface area contributed by atoms with Gasteiger partial charge in [0.15, 0.2) is 0 Å². The third kappa shape index (κ3) is 5.19. The Morgan fingerprint density at radius 1 is 0.969 bits per heavy atom. The predicted octanol–water partition coefficient (Wildman–Crippen LogP) is 4.20. The fraction of sp³-hybridized carbons (Fsp3) is 0.375. The van der Waals surface area contributed by atoms with Crippen LogP contribution in [0.3, 0.4) is 0 Å². The van der Waals surface area contributed by atoms with Crippen LogP contribution in [-0.2, 0) is 27.3 Å². The maximum atomic E-state index is 12.4. The van der Waals surface area contributed by atoms with Crippen molar-refractivity contribution in [2.45, 2.75) is 58.4 Å². The van der Waals surface area contributed by atoms with Crippen molar-refractivity contribution in [3.63, 3.8) is 0 Å². The van der Waals surface area contributed by atoms with Crippen LogP contribution in [0.2, 0.25) is 0 Å². The van der Waals surface area contributed by atoms with E-state index in [1.54, 1.807) is 20.8 Å². The molecule has 0 fully saturated rings. The minimum absolute atomic E-state index is 0.0485. The summed E-state index contributed by atoms with van der Waals surface area (Å²) in [5.74, 6) is -1.43. The number of hydrogen-bond acceptors (Lipinski definition) is 5. The molecular weight excluding hydrogens is 412 g/mol. The van der Waals surface area contributed by atoms with E-state index in [1.165, 1.54) is 18.1 Å². The standard InChI is InChI=1S/C24H28N2O6/c1-5-24(20(27)28,26-22(30)32-23(2,3)4)25-21(29)31-14-15-10-11-17-13-16-8-6-7-9-18(16)19(17)12-15/h6-12H,5,13-14H2,1-4H3,(H,25,29)(H,26,30)(H,27,28). The average Bonchev–Trinajstić information content (AvgIpc) is 3.08. The number of carboxylic acids is 1. The number of alkyl carbamates (subject to hydrolysis) is 2. The molecule has 0 saturated heterocycles. The maximum Gasteiger partial charge on any atom is 0.409 e. The minimum atomic E-state index is -2.06. The first-order chi connectivity index (χ1) is 15.0. The highest BCUT2D eigenvalue weighted by Crippen LogP contribution is 2.36. The van der Waals surface area contributed by atoms with Gasteiger partial charge < -0.3 is 14.6 Å². The van der Waals surface area contributed by atoms with Gasteiger partial charge in [0, 0.05) is 0 Å². The van der Waals surface area contributed by atoms with E-state index in [9.17, 15) is 19.5 Å². The van der Waals surface area contributed by atoms with Gasteiger partial charge in [-0.1, -0.05) is 43.3 Å². The number of nitrogens with one attached hydrogen (secondary N) is 2. The van der Waals surface area contributed by atoms with Gasteiger partial charge in [0.25, 0.3) is 0 Å². The highest BCUT2D eigenvalue weighted by atomic mass is 16.6. The van der Waals surface area contributed by atoms with E-state index in [4.69, 9.17) is 9.47 Å². The summed E-state index contributed by atoms with van der Waals surface area (Å²) in [7, 11) is 0. The number of carbonyl (C=O) groups excluding carboxylic acids is 2. The Balaban J connectivity index is 1.66. The van der Waals surface area contributed by atoms with Crippen LogP contribution in [-0.4, -0.2) is 34.5 Å². The molecule has 0 spiro atoms. The molecule has 0 aromatic heterocycles. The molecule has 0 bridgehead atoms. The van der Waals surface area contributed by atoms with Gasteiger partial charge in [-0.2, -0.15) is 0 Å². The van der Waals surface area contributed by atoms with Crippen molar-refractivity contribution in [3.8, 4) is 11.1 Å². The number of fused-ring (bicyclic) bond motifs is 3. The van der Waals surface area contributed by atoms with Gasteiger partial charge in [0.1, 0.15) is 12.2 Å². The lowest BCUT2D eigenvalue weighted by Gasteiger charge is -2.31. The molecule has 1 unspecified atom stereocenters. The van der Waals surface area contributed by atoms with Gasteiger partial charge in [-0.05, 0) is 67.5 Å². The summed E-state index contributed by atoms with van der Waals surface area (Å²) in [6.45, 7) is 6.42. The molecule has 0 radical (unpaired) electrons. The summed E-state index contributed by atoms with van der Waals surface area (Å²) in [6, 6.07) is 14.0. The number of benzene rings is 2. The summed E-state index contributed by atoms with van der Waals surface area (Å²) in [6.07, 6.45) is -1.18. The molecule has 170 valence electrons. The Morgan fingerprint density at radius 2 is 1.62 bits per heavy atom. The van der Waals surface area contributed by atoms with E-state index >= 15 is 0 Å². The van der Waals surface area contributed by atoms with E-state index in [0.29, 0.717) is 0 Å². The zero-order valence-corrected chi connectivity index (χ0v) is 18.7. The highest BCUT2D eigenvalue weighted by Gasteiger charge is 2.42. The van der Waals surface area contributed by atoms with Crippen molar-refractivity contribution in [2.75, 3.05) is 0 Å². The molecule has 8 heteroatoms. The van der Waals surface area contributed by atoms with Crippen LogP contribution in [0.5, 0.6) is 0 Å². The second kappa shape index (κ2) is 8.90. The number of aliphatic carboxylic acids is 1. The van der Waals surface area contributed by atoms with Crippen LogP contribution in [0.4, 0.5) is 9.59 Å². The first-order valence-corrected chi connectivity index (χ1v) is 10.4. The zero-order valence-electron chi connectivity index (χ0n) is 18.7. The Labute approximate surface area is 186 Å². The second-order valence-corrected chi connectivity index (χ2v) is 8.72. The lowest BCUT2D eigenvalue weighted by Crippen LogP contribution is -2.65. The third-order valence-corrected chi connectivity index (χ3v) is 5.16. The molecule has 0 aliphatic heterocycles. The van der Waals surface area contributed by atoms with Crippen LogP contribution < -0.4 is 10.6 Å². The monoisotopic (exact) mass is 440 g/mol. The molecule has 1 atom stereocenters. The predicted molar refractivity (Wildman–Crippen MR) is 118 cm³/mol. The van der Waals surface area contributed by atoms with E-state index in [0.717, 1.165) is 23.1 Å². The van der Waals surface area contributed by atoms with Crippen molar-refractivity contribution in [1.29, 1.82) is 0 Å². The van der Waals surface area contributed by atoms with Crippen molar-refractivity contribution >= 4 is 18.2 Å². The van der Waals surface area contributed by atoms with Gasteiger partial charge in [-0.15, -0.1) is 0 Å². The number of carbonyl (C=O) groups is 3. The van der Waals surface area contributed by atoms with Crippen LogP contribution in [0.25, 0.3) is 11.1 Å². The summed E-state index contributed by atoms with van der Waals surface area (Å²) in [5, 5.41) is 14.2. The van der Waals surface area contributed by atoms with Crippen LogP contribution >= 0.6 is 0 Å². The average molecular weight is 440 g/mol. The Morgan fingerprint density at radius 3 is 2.28 bits per heavy atom. The van der Waals surface area contributed by atoms with Gasteiger partial charge in [0.05, 0.1) is 0 Å². The summed E-state index contributed by atoms with van der Waals surface area (Å²) >= 11 is 0. The van der Waals surface area contributed by atoms with E-state index in [2.05, 4.69) is 22.8 Å². The molecule has 1 aliphatic carbocycles. The van der Waals surface area contributed by atoms with Gasteiger partial charge in [0.2, 0.25) is 5.66 Å². The number of rotatable bonds is 6. The number of ether oxygens (including phenoxy) is 2. The molecule has 3 N–H and O–H groups in total. The van der Waals surface area contributed by atoms with Crippen LogP contribution in [0.1, 0.15) is 50.8 Å². The number of amides is 2. The van der Waals surface area contributed by atoms with Gasteiger partial charge in [-0.25, -0.2) is 14.4 Å². The topological polar surface area (TPSA) is 114 Å². The summed E-state index contributed by atoms with van der Waals surface area (Å²) in [5.41, 5.74) is 2.60. The molecule has 2 aromatic rings. The molecule has 2 amide bonds. The van der Waals surface area contributed by atoms with Crippen LogP contribution in [0.15, 0.2) is 42.5 Å². The van der Waals surface area contributed by atoms with Gasteiger partial charge >= 0.3 is 18.2 Å². The molecule has 1 aliphatic rings. The third-order valence-electron chi connectivity index (χ3n) is 5.16. The lowest BCUT2D eigenvalue weighted by molar-refractivity contribution is -0.146. The number of carboxylic acid groups (broad SMARTS) is 1. The molecule has 8 nitrogen and oxygen atoms in total. The molecule has 0 heterocycles. The first kappa shape index (κ1) is 23.1. The maximum absolute atomic E-state index is 12.4.